The Balaban J connectivity index is 4.59. The molecular formula is C10H20ClNO2S. The van der Waals surface area contributed by atoms with Crippen LogP contribution in [-0.4, -0.2) is 37.4 Å². The average Bonchev–Trinajstić information content (AvgIpc) is 2.12. The first-order valence-corrected chi connectivity index (χ1v) is 7.16. The van der Waals surface area contributed by atoms with Gasteiger partial charge in [-0.25, -0.2) is 8.42 Å². The zero-order chi connectivity index (χ0) is 12.1. The monoisotopic (exact) mass is 253 g/mol. The fourth-order valence-corrected chi connectivity index (χ4v) is 3.31. The first-order valence-electron chi connectivity index (χ1n) is 5.01. The van der Waals surface area contributed by atoms with Gasteiger partial charge in [0.05, 0.1) is 5.75 Å². The van der Waals surface area contributed by atoms with Gasteiger partial charge in [0.25, 0.3) is 0 Å². The quantitative estimate of drug-likeness (QED) is 0.515. The number of likely N-dealkylation sites (N-methyl/N-ethyl adjacent to an activating group) is 1. The molecule has 0 aliphatic rings. The lowest BCUT2D eigenvalue weighted by Crippen LogP contribution is -2.36. The minimum Gasteiger partial charge on any atom is -0.212 e. The van der Waals surface area contributed by atoms with Crippen molar-refractivity contribution in [3.05, 3.63) is 12.2 Å². The van der Waals surface area contributed by atoms with Crippen molar-refractivity contribution in [1.29, 1.82) is 0 Å². The molecule has 1 atom stereocenters. The van der Waals surface area contributed by atoms with Crippen molar-refractivity contribution in [2.75, 3.05) is 24.7 Å². The maximum Gasteiger partial charge on any atom is 0.214 e. The van der Waals surface area contributed by atoms with Crippen LogP contribution in [0.4, 0.5) is 0 Å². The minimum atomic E-state index is -3.19. The summed E-state index contributed by atoms with van der Waals surface area (Å²) in [6.07, 6.45) is 0. The number of halogens is 1. The summed E-state index contributed by atoms with van der Waals surface area (Å²) in [5, 5.41) is 0. The first-order chi connectivity index (χ1) is 6.83. The molecule has 90 valence electrons. The molecular weight excluding hydrogens is 234 g/mol. The van der Waals surface area contributed by atoms with Crippen LogP contribution in [0.3, 0.4) is 0 Å². The molecule has 0 heterocycles. The Bertz CT molecular complexity index is 301. The molecule has 0 fully saturated rings. The molecule has 0 radical (unpaired) electrons. The van der Waals surface area contributed by atoms with Gasteiger partial charge in [0, 0.05) is 19.0 Å². The minimum absolute atomic E-state index is 0.0177. The highest BCUT2D eigenvalue weighted by molar-refractivity contribution is 7.89. The molecule has 0 amide bonds. The topological polar surface area (TPSA) is 37.4 Å². The summed E-state index contributed by atoms with van der Waals surface area (Å²) in [4.78, 5) is 0. The lowest BCUT2D eigenvalue weighted by molar-refractivity contribution is 0.447. The third-order valence-corrected chi connectivity index (χ3v) is 4.64. The molecule has 15 heavy (non-hydrogen) atoms. The fraction of sp³-hybridized carbons (Fsp3) is 0.800. The van der Waals surface area contributed by atoms with E-state index >= 15 is 0 Å². The summed E-state index contributed by atoms with van der Waals surface area (Å²) < 4.78 is 25.2. The molecule has 0 aliphatic carbocycles. The van der Waals surface area contributed by atoms with E-state index in [1.165, 1.54) is 4.31 Å². The summed E-state index contributed by atoms with van der Waals surface area (Å²) in [5.41, 5.74) is 0.846. The van der Waals surface area contributed by atoms with Crippen molar-refractivity contribution in [2.45, 2.75) is 20.8 Å². The summed E-state index contributed by atoms with van der Waals surface area (Å²) in [7, 11) is -3.19. The van der Waals surface area contributed by atoms with Crippen molar-refractivity contribution >= 4 is 21.6 Å². The lowest BCUT2D eigenvalue weighted by Gasteiger charge is -2.21. The number of hydrogen-bond acceptors (Lipinski definition) is 2. The van der Waals surface area contributed by atoms with Crippen LogP contribution in [0, 0.1) is 5.92 Å². The van der Waals surface area contributed by atoms with Crippen LogP contribution in [0.15, 0.2) is 12.2 Å². The number of nitrogens with zero attached hydrogens (tertiary/aromatic N) is 1. The second-order valence-corrected chi connectivity index (χ2v) is 6.24. The zero-order valence-electron chi connectivity index (χ0n) is 9.66. The second kappa shape index (κ2) is 6.51. The van der Waals surface area contributed by atoms with Gasteiger partial charge in [0.1, 0.15) is 0 Å². The van der Waals surface area contributed by atoms with E-state index in [1.54, 1.807) is 0 Å². The van der Waals surface area contributed by atoms with E-state index in [1.807, 2.05) is 20.8 Å². The highest BCUT2D eigenvalue weighted by Crippen LogP contribution is 2.10. The van der Waals surface area contributed by atoms with E-state index in [2.05, 4.69) is 6.58 Å². The van der Waals surface area contributed by atoms with Crippen LogP contribution >= 0.6 is 11.6 Å². The highest BCUT2D eigenvalue weighted by atomic mass is 35.5. The van der Waals surface area contributed by atoms with E-state index < -0.39 is 10.0 Å². The van der Waals surface area contributed by atoms with Crippen LogP contribution in [-0.2, 0) is 10.0 Å². The second-order valence-electron chi connectivity index (χ2n) is 3.92. The van der Waals surface area contributed by atoms with E-state index in [4.69, 9.17) is 11.6 Å². The van der Waals surface area contributed by atoms with Gasteiger partial charge in [0.15, 0.2) is 0 Å². The third-order valence-electron chi connectivity index (χ3n) is 1.95. The average molecular weight is 254 g/mol. The molecule has 0 saturated heterocycles. The van der Waals surface area contributed by atoms with Gasteiger partial charge < -0.3 is 0 Å². The predicted molar refractivity (Wildman–Crippen MR) is 65.7 cm³/mol. The molecule has 0 bridgehead atoms. The van der Waals surface area contributed by atoms with Gasteiger partial charge in [-0.05, 0) is 12.8 Å². The van der Waals surface area contributed by atoms with Crippen LogP contribution in [0.1, 0.15) is 20.8 Å². The number of sulfonamides is 1. The Morgan fingerprint density at radius 3 is 2.40 bits per heavy atom. The Labute approximate surface area is 98.2 Å². The normalized spacial score (nSPS) is 14.2. The molecule has 0 rings (SSSR count). The van der Waals surface area contributed by atoms with Gasteiger partial charge in [0.2, 0.25) is 10.0 Å². The fourth-order valence-electron chi connectivity index (χ4n) is 1.22. The van der Waals surface area contributed by atoms with Gasteiger partial charge in [-0.1, -0.05) is 26.0 Å². The lowest BCUT2D eigenvalue weighted by atomic mass is 10.3. The van der Waals surface area contributed by atoms with Crippen molar-refractivity contribution in [1.82, 2.24) is 4.31 Å². The SMILES string of the molecule is C=C(C)CN(CC)S(=O)(=O)CC(C)CCl. The molecule has 0 saturated carbocycles. The van der Waals surface area contributed by atoms with Crippen LogP contribution in [0.25, 0.3) is 0 Å². The van der Waals surface area contributed by atoms with Gasteiger partial charge >= 0.3 is 0 Å². The third kappa shape index (κ3) is 5.54. The molecule has 0 aliphatic heterocycles. The predicted octanol–water partition coefficient (Wildman–Crippen LogP) is 2.09. The Hall–Kier alpha value is -0.0600. The molecule has 1 unspecified atom stereocenters. The van der Waals surface area contributed by atoms with Crippen molar-refractivity contribution in [3.8, 4) is 0 Å². The molecule has 0 aromatic heterocycles. The zero-order valence-corrected chi connectivity index (χ0v) is 11.2. The molecule has 0 N–H and O–H groups in total. The first kappa shape index (κ1) is 14.9. The summed E-state index contributed by atoms with van der Waals surface area (Å²) in [6.45, 7) is 10.1. The molecule has 0 spiro atoms. The Kier molecular flexibility index (Phi) is 6.48. The van der Waals surface area contributed by atoms with E-state index in [9.17, 15) is 8.42 Å². The smallest absolute Gasteiger partial charge is 0.212 e. The molecule has 5 heteroatoms. The summed E-state index contributed by atoms with van der Waals surface area (Å²) >= 11 is 5.61. The van der Waals surface area contributed by atoms with E-state index in [-0.39, 0.29) is 11.7 Å². The molecule has 0 aromatic carbocycles. The van der Waals surface area contributed by atoms with E-state index in [0.29, 0.717) is 19.0 Å². The Morgan fingerprint density at radius 2 is 2.07 bits per heavy atom. The van der Waals surface area contributed by atoms with Crippen LogP contribution < -0.4 is 0 Å². The van der Waals surface area contributed by atoms with Gasteiger partial charge in [-0.3, -0.25) is 0 Å². The Morgan fingerprint density at radius 1 is 1.53 bits per heavy atom. The highest BCUT2D eigenvalue weighted by Gasteiger charge is 2.22. The van der Waals surface area contributed by atoms with Crippen molar-refractivity contribution in [2.24, 2.45) is 5.92 Å². The standard InChI is InChI=1S/C10H20ClNO2S/c1-5-12(7-9(2)3)15(13,14)8-10(4)6-11/h10H,2,5-8H2,1,3-4H3. The van der Waals surface area contributed by atoms with Crippen LogP contribution in [0.5, 0.6) is 0 Å². The summed E-state index contributed by atoms with van der Waals surface area (Å²) in [6, 6.07) is 0. The number of rotatable bonds is 7. The summed E-state index contributed by atoms with van der Waals surface area (Å²) in [5.74, 6) is 0.456. The van der Waals surface area contributed by atoms with Gasteiger partial charge in [-0.2, -0.15) is 4.31 Å². The largest absolute Gasteiger partial charge is 0.214 e. The van der Waals surface area contributed by atoms with E-state index in [0.717, 1.165) is 5.57 Å². The van der Waals surface area contributed by atoms with Crippen molar-refractivity contribution < 1.29 is 8.42 Å². The maximum atomic E-state index is 11.9. The number of hydrogen-bond donors (Lipinski definition) is 0. The number of alkyl halides is 1. The van der Waals surface area contributed by atoms with Crippen molar-refractivity contribution in [3.63, 3.8) is 0 Å². The molecule has 3 nitrogen and oxygen atoms in total. The van der Waals surface area contributed by atoms with Gasteiger partial charge in [-0.15, -0.1) is 11.6 Å². The van der Waals surface area contributed by atoms with Crippen LogP contribution in [0.2, 0.25) is 0 Å². The maximum absolute atomic E-state index is 11.9. The molecule has 0 aromatic rings.